The van der Waals surface area contributed by atoms with E-state index in [0.29, 0.717) is 10.9 Å². The van der Waals surface area contributed by atoms with Gasteiger partial charge in [0.25, 0.3) is 0 Å². The number of nitrogens with zero attached hydrogens (tertiary/aromatic N) is 4. The van der Waals surface area contributed by atoms with Gasteiger partial charge in [-0.1, -0.05) is 47.5 Å². The van der Waals surface area contributed by atoms with Gasteiger partial charge in [0.1, 0.15) is 5.15 Å². The summed E-state index contributed by atoms with van der Waals surface area (Å²) in [6, 6.07) is 12.0. The molecular formula is C23H26Cl2N4OS. The van der Waals surface area contributed by atoms with Gasteiger partial charge in [0.15, 0.2) is 0 Å². The summed E-state index contributed by atoms with van der Waals surface area (Å²) in [6.45, 7) is 6.05. The number of halogens is 2. The highest BCUT2D eigenvalue weighted by Gasteiger charge is 2.22. The normalized spacial score (nSPS) is 15.4. The number of carbonyl (C=O) groups is 1. The first-order valence-corrected chi connectivity index (χ1v) is 12.2. The van der Waals surface area contributed by atoms with E-state index < -0.39 is 0 Å². The Labute approximate surface area is 197 Å². The predicted octanol–water partition coefficient (Wildman–Crippen LogP) is 5.02. The second-order valence-electron chi connectivity index (χ2n) is 7.87. The van der Waals surface area contributed by atoms with Crippen LogP contribution in [0.2, 0.25) is 10.2 Å². The van der Waals surface area contributed by atoms with Crippen molar-refractivity contribution < 1.29 is 4.79 Å². The molecule has 8 heteroatoms. The van der Waals surface area contributed by atoms with Gasteiger partial charge >= 0.3 is 0 Å². The molecule has 0 aliphatic carbocycles. The van der Waals surface area contributed by atoms with E-state index in [-0.39, 0.29) is 5.91 Å². The van der Waals surface area contributed by atoms with Crippen LogP contribution in [0.4, 0.5) is 0 Å². The third-order valence-electron chi connectivity index (χ3n) is 5.76. The van der Waals surface area contributed by atoms with Crippen molar-refractivity contribution in [2.45, 2.75) is 24.8 Å². The summed E-state index contributed by atoms with van der Waals surface area (Å²) < 4.78 is 1.72. The van der Waals surface area contributed by atoms with Crippen molar-refractivity contribution in [1.82, 2.24) is 19.6 Å². The Morgan fingerprint density at radius 2 is 1.87 bits per heavy atom. The van der Waals surface area contributed by atoms with Crippen LogP contribution in [0.15, 0.2) is 41.3 Å². The topological polar surface area (TPSA) is 41.4 Å². The van der Waals surface area contributed by atoms with Crippen molar-refractivity contribution in [3.8, 4) is 0 Å². The highest BCUT2D eigenvalue weighted by atomic mass is 35.5. The molecule has 1 fully saturated rings. The molecular weight excluding hydrogens is 451 g/mol. The van der Waals surface area contributed by atoms with Crippen molar-refractivity contribution in [3.05, 3.63) is 57.8 Å². The molecule has 31 heavy (non-hydrogen) atoms. The molecule has 0 bridgehead atoms. The summed E-state index contributed by atoms with van der Waals surface area (Å²) >= 11 is 14.4. The van der Waals surface area contributed by atoms with Gasteiger partial charge in [-0.2, -0.15) is 5.10 Å². The molecule has 164 valence electrons. The number of aryl methyl sites for hydroxylation is 2. The standard InChI is InChI=1S/C23H26Cl2N4OS/c1-16-18(23(25)27(2)26-16)14-28-10-5-11-29(13-12-28)21(30)15-31-20-9-4-7-17-6-3-8-19(24)22(17)20/h3-4,6-9H,5,10-15H2,1-2H3. The fourth-order valence-electron chi connectivity index (χ4n) is 4.07. The number of thioether (sulfide) groups is 1. The molecule has 0 radical (unpaired) electrons. The van der Waals surface area contributed by atoms with Crippen LogP contribution < -0.4 is 0 Å². The number of rotatable bonds is 5. The van der Waals surface area contributed by atoms with E-state index in [1.807, 2.05) is 55.3 Å². The lowest BCUT2D eigenvalue weighted by Gasteiger charge is -2.22. The fourth-order valence-corrected chi connectivity index (χ4v) is 5.65. The van der Waals surface area contributed by atoms with E-state index in [0.717, 1.165) is 71.1 Å². The zero-order chi connectivity index (χ0) is 22.0. The van der Waals surface area contributed by atoms with Crippen LogP contribution in [0.5, 0.6) is 0 Å². The highest BCUT2D eigenvalue weighted by Crippen LogP contribution is 2.33. The van der Waals surface area contributed by atoms with Crippen molar-refractivity contribution in [2.24, 2.45) is 7.05 Å². The molecule has 2 aromatic carbocycles. The molecule has 2 heterocycles. The molecule has 5 nitrogen and oxygen atoms in total. The van der Waals surface area contributed by atoms with E-state index in [1.54, 1.807) is 16.4 Å². The Hall–Kier alpha value is -1.73. The minimum absolute atomic E-state index is 0.173. The SMILES string of the molecule is Cc1nn(C)c(Cl)c1CN1CCCN(C(=O)CSc2cccc3cccc(Cl)c23)CC1. The summed E-state index contributed by atoms with van der Waals surface area (Å²) in [5, 5.41) is 7.94. The quantitative estimate of drug-likeness (QED) is 0.485. The van der Waals surface area contributed by atoms with Crippen LogP contribution in [-0.4, -0.2) is 57.4 Å². The Bertz CT molecular complexity index is 1100. The van der Waals surface area contributed by atoms with Crippen molar-refractivity contribution in [2.75, 3.05) is 31.9 Å². The van der Waals surface area contributed by atoms with Crippen molar-refractivity contribution in [1.29, 1.82) is 0 Å². The van der Waals surface area contributed by atoms with Crippen molar-refractivity contribution >= 4 is 51.6 Å². The lowest BCUT2D eigenvalue weighted by molar-refractivity contribution is -0.128. The maximum atomic E-state index is 12.9. The smallest absolute Gasteiger partial charge is 0.232 e. The number of benzene rings is 2. The van der Waals surface area contributed by atoms with E-state index in [2.05, 4.69) is 10.00 Å². The monoisotopic (exact) mass is 476 g/mol. The molecule has 0 N–H and O–H groups in total. The first kappa shape index (κ1) is 22.5. The van der Waals surface area contributed by atoms with Crippen molar-refractivity contribution in [3.63, 3.8) is 0 Å². The minimum Gasteiger partial charge on any atom is -0.341 e. The first-order valence-electron chi connectivity index (χ1n) is 10.4. The van der Waals surface area contributed by atoms with E-state index in [9.17, 15) is 4.79 Å². The van der Waals surface area contributed by atoms with E-state index in [1.165, 1.54) is 0 Å². The number of carbonyl (C=O) groups excluding carboxylic acids is 1. The van der Waals surface area contributed by atoms with Gasteiger partial charge in [0.05, 0.1) is 11.4 Å². The van der Waals surface area contributed by atoms with Crippen LogP contribution in [0.25, 0.3) is 10.8 Å². The van der Waals surface area contributed by atoms with Gasteiger partial charge in [-0.25, -0.2) is 0 Å². The Morgan fingerprint density at radius 1 is 1.10 bits per heavy atom. The summed E-state index contributed by atoms with van der Waals surface area (Å²) in [6.07, 6.45) is 0.952. The lowest BCUT2D eigenvalue weighted by Crippen LogP contribution is -2.36. The third kappa shape index (κ3) is 5.03. The van der Waals surface area contributed by atoms with Gasteiger partial charge < -0.3 is 4.90 Å². The second kappa shape index (κ2) is 9.82. The molecule has 4 rings (SSSR count). The number of hydrogen-bond donors (Lipinski definition) is 0. The maximum Gasteiger partial charge on any atom is 0.232 e. The number of hydrogen-bond acceptors (Lipinski definition) is 4. The van der Waals surface area contributed by atoms with Gasteiger partial charge in [0, 0.05) is 60.6 Å². The molecule has 1 aromatic heterocycles. The maximum absolute atomic E-state index is 12.9. The molecule has 3 aromatic rings. The zero-order valence-electron chi connectivity index (χ0n) is 17.8. The van der Waals surface area contributed by atoms with Gasteiger partial charge in [0.2, 0.25) is 5.91 Å². The number of aromatic nitrogens is 2. The molecule has 0 saturated carbocycles. The van der Waals surface area contributed by atoms with Gasteiger partial charge in [-0.05, 0) is 30.9 Å². The number of fused-ring (bicyclic) bond motifs is 1. The Kier molecular flexibility index (Phi) is 7.12. The number of amides is 1. The fraction of sp³-hybridized carbons (Fsp3) is 0.391. The Morgan fingerprint density at radius 3 is 2.61 bits per heavy atom. The van der Waals surface area contributed by atoms with Gasteiger partial charge in [-0.15, -0.1) is 11.8 Å². The van der Waals surface area contributed by atoms with Crippen LogP contribution in [0.3, 0.4) is 0 Å². The minimum atomic E-state index is 0.173. The Balaban J connectivity index is 1.36. The first-order chi connectivity index (χ1) is 14.9. The molecule has 0 atom stereocenters. The molecule has 1 amide bonds. The molecule has 0 spiro atoms. The van der Waals surface area contributed by atoms with Crippen LogP contribution in [0.1, 0.15) is 17.7 Å². The van der Waals surface area contributed by atoms with E-state index >= 15 is 0 Å². The predicted molar refractivity (Wildman–Crippen MR) is 129 cm³/mol. The van der Waals surface area contributed by atoms with E-state index in [4.69, 9.17) is 23.2 Å². The summed E-state index contributed by atoms with van der Waals surface area (Å²) in [5.41, 5.74) is 2.04. The summed E-state index contributed by atoms with van der Waals surface area (Å²) in [4.78, 5) is 18.3. The lowest BCUT2D eigenvalue weighted by atomic mass is 10.1. The second-order valence-corrected chi connectivity index (χ2v) is 9.65. The summed E-state index contributed by atoms with van der Waals surface area (Å²) in [5.74, 6) is 0.587. The van der Waals surface area contributed by atoms with Gasteiger partial charge in [-0.3, -0.25) is 14.4 Å². The summed E-state index contributed by atoms with van der Waals surface area (Å²) in [7, 11) is 1.86. The van der Waals surface area contributed by atoms with Crippen LogP contribution in [-0.2, 0) is 18.4 Å². The largest absolute Gasteiger partial charge is 0.341 e. The average Bonchev–Trinajstić information content (AvgIpc) is 2.92. The molecule has 1 saturated heterocycles. The molecule has 0 unspecified atom stereocenters. The highest BCUT2D eigenvalue weighted by molar-refractivity contribution is 8.00. The molecule has 1 aliphatic rings. The zero-order valence-corrected chi connectivity index (χ0v) is 20.1. The average molecular weight is 477 g/mol. The third-order valence-corrected chi connectivity index (χ3v) is 7.59. The van der Waals surface area contributed by atoms with Crippen LogP contribution >= 0.6 is 35.0 Å². The van der Waals surface area contributed by atoms with Crippen LogP contribution in [0, 0.1) is 6.92 Å². The molecule has 1 aliphatic heterocycles.